The zero-order valence-electron chi connectivity index (χ0n) is 30.1. The molecule has 0 bridgehead atoms. The first kappa shape index (κ1) is 33.9. The molecule has 5 aliphatic carbocycles. The third-order valence-electron chi connectivity index (χ3n) is 15.0. The number of carbonyl (C=O) groups is 2. The maximum absolute atomic E-state index is 13.2. The number of nitrogens with one attached hydrogen (secondary N) is 1. The summed E-state index contributed by atoms with van der Waals surface area (Å²) in [6, 6.07) is 0. The molecule has 5 saturated carbocycles. The first-order valence-corrected chi connectivity index (χ1v) is 18.6. The Kier molecular flexibility index (Phi) is 8.28. The molecular formula is C38H59N2O7. The summed E-state index contributed by atoms with van der Waals surface area (Å²) in [5.74, 6) is 2.52. The van der Waals surface area contributed by atoms with E-state index in [4.69, 9.17) is 18.9 Å². The van der Waals surface area contributed by atoms with Gasteiger partial charge >= 0.3 is 12.2 Å². The molecule has 0 aromatic heterocycles. The van der Waals surface area contributed by atoms with Gasteiger partial charge in [0, 0.05) is 36.4 Å². The van der Waals surface area contributed by atoms with Crippen molar-refractivity contribution in [1.29, 1.82) is 0 Å². The van der Waals surface area contributed by atoms with E-state index in [2.05, 4.69) is 53.8 Å². The van der Waals surface area contributed by atoms with Crippen molar-refractivity contribution >= 4 is 12.2 Å². The quantitative estimate of drug-likeness (QED) is 0.340. The molecule has 2 spiro atoms. The summed E-state index contributed by atoms with van der Waals surface area (Å²) < 4.78 is 24.4. The van der Waals surface area contributed by atoms with Crippen LogP contribution >= 0.6 is 0 Å². The van der Waals surface area contributed by atoms with Gasteiger partial charge in [0.2, 0.25) is 0 Å². The van der Waals surface area contributed by atoms with Crippen molar-refractivity contribution in [2.24, 2.45) is 50.7 Å². The summed E-state index contributed by atoms with van der Waals surface area (Å²) in [4.78, 5) is 27.5. The fourth-order valence-electron chi connectivity index (χ4n) is 12.6. The van der Waals surface area contributed by atoms with E-state index in [1.54, 1.807) is 10.8 Å². The lowest BCUT2D eigenvalue weighted by molar-refractivity contribution is -0.130. The number of aliphatic hydroxyl groups excluding tert-OH is 1. The highest BCUT2D eigenvalue weighted by atomic mass is 16.6. The van der Waals surface area contributed by atoms with Crippen LogP contribution in [0, 0.1) is 68.9 Å². The van der Waals surface area contributed by atoms with Gasteiger partial charge < -0.3 is 34.3 Å². The Morgan fingerprint density at radius 3 is 2.49 bits per heavy atom. The van der Waals surface area contributed by atoms with E-state index < -0.39 is 18.3 Å². The summed E-state index contributed by atoms with van der Waals surface area (Å²) in [5, 5.41) is 15.3. The molecule has 7 fully saturated rings. The SMILES string of the molecule is CCNC(=O)O[C@@H]([C]1C[C@@H](C)[C@H]2[C](O1)[C@H](O)[C@@]1(C)[C]3CC[C@H]4C(C)(C)C(OC(=O)N5CCOCC5)CC[C@@]45C[C@@]35CC[C@]21C)C(C)C. The average Bonchev–Trinajstić information content (AvgIpc) is 3.66. The highest BCUT2D eigenvalue weighted by Crippen LogP contribution is 2.90. The van der Waals surface area contributed by atoms with Crippen molar-refractivity contribution in [3.8, 4) is 0 Å². The van der Waals surface area contributed by atoms with Crippen LogP contribution < -0.4 is 5.32 Å². The Hall–Kier alpha value is -1.58. The highest BCUT2D eigenvalue weighted by Gasteiger charge is 2.85. The number of aliphatic hydroxyl groups is 1. The Morgan fingerprint density at radius 1 is 1.09 bits per heavy atom. The standard InChI is InChI=1S/C38H59N2O7/c1-9-39-32(42)47-29(22(2)3)24-20-23(4)28-30(45-24)31(41)36(8)26-11-10-25-34(5,6)27(46-33(43)40-16-18-44-19-17-40)12-13-37(25)21-38(26,37)15-14-35(28,36)7/h22-23,25,27-29,31,41H,9-21H2,1-8H3,(H,39,42)/t23-,25+,27?,28+,29-,31+,35-,36-,37-,38+/m1/s1. The van der Waals surface area contributed by atoms with Gasteiger partial charge in [0.05, 0.1) is 19.3 Å². The van der Waals surface area contributed by atoms with E-state index in [0.717, 1.165) is 57.2 Å². The predicted octanol–water partition coefficient (Wildman–Crippen LogP) is 6.69. The highest BCUT2D eigenvalue weighted by molar-refractivity contribution is 5.68. The van der Waals surface area contributed by atoms with Gasteiger partial charge in [-0.2, -0.15) is 0 Å². The van der Waals surface area contributed by atoms with E-state index >= 15 is 0 Å². The average molecular weight is 656 g/mol. The maximum atomic E-state index is 13.2. The number of nitrogens with zero attached hydrogens (tertiary/aromatic N) is 1. The van der Waals surface area contributed by atoms with E-state index in [1.165, 1.54) is 6.42 Å². The van der Waals surface area contributed by atoms with Crippen molar-refractivity contribution < 1.29 is 33.6 Å². The lowest BCUT2D eigenvalue weighted by Gasteiger charge is -2.63. The second-order valence-electron chi connectivity index (χ2n) is 17.6. The number of fused-ring (bicyclic) bond motifs is 4. The lowest BCUT2D eigenvalue weighted by Crippen LogP contribution is -2.59. The van der Waals surface area contributed by atoms with E-state index in [0.29, 0.717) is 38.8 Å². The molecule has 2 amide bonds. The minimum atomic E-state index is -0.701. The molecule has 2 saturated heterocycles. The molecule has 10 atom stereocenters. The van der Waals surface area contributed by atoms with Crippen molar-refractivity contribution in [1.82, 2.24) is 10.2 Å². The van der Waals surface area contributed by atoms with Crippen LogP contribution in [0.4, 0.5) is 9.59 Å². The monoisotopic (exact) mass is 655 g/mol. The van der Waals surface area contributed by atoms with Gasteiger partial charge in [0.1, 0.15) is 24.4 Å². The normalized spacial score (nSPS) is 45.1. The summed E-state index contributed by atoms with van der Waals surface area (Å²) in [5.41, 5.74) is -0.279. The Morgan fingerprint density at radius 2 is 1.81 bits per heavy atom. The Bertz CT molecular complexity index is 1240. The Labute approximate surface area is 282 Å². The molecule has 2 aliphatic heterocycles. The van der Waals surface area contributed by atoms with E-state index in [-0.39, 0.29) is 57.0 Å². The van der Waals surface area contributed by atoms with E-state index in [1.807, 2.05) is 6.92 Å². The molecule has 9 nitrogen and oxygen atoms in total. The van der Waals surface area contributed by atoms with Crippen molar-refractivity contribution in [3.63, 3.8) is 0 Å². The summed E-state index contributed by atoms with van der Waals surface area (Å²) >= 11 is 0. The fourth-order valence-corrected chi connectivity index (χ4v) is 12.6. The van der Waals surface area contributed by atoms with Crippen molar-refractivity contribution in [2.75, 3.05) is 32.8 Å². The Balaban J connectivity index is 1.12. The van der Waals surface area contributed by atoms with Crippen LogP contribution in [0.2, 0.25) is 0 Å². The zero-order chi connectivity index (χ0) is 33.7. The van der Waals surface area contributed by atoms with Gasteiger partial charge in [-0.1, -0.05) is 48.5 Å². The molecule has 47 heavy (non-hydrogen) atoms. The van der Waals surface area contributed by atoms with Gasteiger partial charge in [0.25, 0.3) is 0 Å². The second kappa shape index (κ2) is 11.5. The number of hydrogen-bond donors (Lipinski definition) is 2. The molecular weight excluding hydrogens is 596 g/mol. The molecule has 2 heterocycles. The third-order valence-corrected chi connectivity index (χ3v) is 15.0. The first-order chi connectivity index (χ1) is 22.2. The first-order valence-electron chi connectivity index (χ1n) is 18.6. The van der Waals surface area contributed by atoms with Crippen LogP contribution in [0.1, 0.15) is 107 Å². The number of rotatable bonds is 5. The third kappa shape index (κ3) is 4.63. The van der Waals surface area contributed by atoms with Crippen LogP contribution in [-0.4, -0.2) is 73.4 Å². The predicted molar refractivity (Wildman–Crippen MR) is 176 cm³/mol. The number of alkyl carbamates (subject to hydrolysis) is 1. The molecule has 0 aromatic carbocycles. The number of morpholine rings is 1. The summed E-state index contributed by atoms with van der Waals surface area (Å²) in [7, 11) is 0. The van der Waals surface area contributed by atoms with Gasteiger partial charge in [0.15, 0.2) is 0 Å². The van der Waals surface area contributed by atoms with Crippen LogP contribution in [0.3, 0.4) is 0 Å². The number of amides is 2. The molecule has 9 heteroatoms. The molecule has 1 unspecified atom stereocenters. The summed E-state index contributed by atoms with van der Waals surface area (Å²) in [6.07, 6.45) is 7.87. The molecule has 7 aliphatic rings. The molecule has 3 radical (unpaired) electrons. The lowest BCUT2D eigenvalue weighted by atomic mass is 9.41. The van der Waals surface area contributed by atoms with Crippen LogP contribution in [0.25, 0.3) is 0 Å². The number of hydrogen-bond acceptors (Lipinski definition) is 7. The second-order valence-corrected chi connectivity index (χ2v) is 17.6. The smallest absolute Gasteiger partial charge is 0.410 e. The maximum Gasteiger partial charge on any atom is 0.410 e. The van der Waals surface area contributed by atoms with Gasteiger partial charge in [-0.25, -0.2) is 9.59 Å². The van der Waals surface area contributed by atoms with Gasteiger partial charge in [-0.3, -0.25) is 0 Å². The van der Waals surface area contributed by atoms with Crippen LogP contribution in [0.15, 0.2) is 0 Å². The van der Waals surface area contributed by atoms with Crippen molar-refractivity contribution in [2.45, 2.75) is 125 Å². The van der Waals surface area contributed by atoms with Crippen molar-refractivity contribution in [3.05, 3.63) is 18.1 Å². The topological polar surface area (TPSA) is 107 Å². The largest absolute Gasteiger partial charge is 0.446 e. The summed E-state index contributed by atoms with van der Waals surface area (Å²) in [6.45, 7) is 20.6. The van der Waals surface area contributed by atoms with Crippen LogP contribution in [-0.2, 0) is 18.9 Å². The van der Waals surface area contributed by atoms with Crippen LogP contribution in [0.5, 0.6) is 0 Å². The number of ether oxygens (including phenoxy) is 4. The zero-order valence-corrected chi connectivity index (χ0v) is 30.1. The van der Waals surface area contributed by atoms with Gasteiger partial charge in [-0.15, -0.1) is 0 Å². The minimum Gasteiger partial charge on any atom is -0.446 e. The molecule has 7 rings (SSSR count). The minimum absolute atomic E-state index is 0.0508. The number of carbonyl (C=O) groups excluding carboxylic acids is 2. The molecule has 0 aromatic rings. The molecule has 263 valence electrons. The fraction of sp³-hybridized carbons (Fsp3) is 0.868. The van der Waals surface area contributed by atoms with E-state index in [9.17, 15) is 14.7 Å². The molecule has 2 N–H and O–H groups in total. The van der Waals surface area contributed by atoms with Gasteiger partial charge in [-0.05, 0) is 98.2 Å².